The van der Waals surface area contributed by atoms with Crippen LogP contribution >= 0.6 is 0 Å². The third-order valence-corrected chi connectivity index (χ3v) is 1.51. The van der Waals surface area contributed by atoms with Crippen molar-refractivity contribution in [3.63, 3.8) is 0 Å². The fourth-order valence-corrected chi connectivity index (χ4v) is 0.591. The first-order valence-electron chi connectivity index (χ1n) is 4.96. The summed E-state index contributed by atoms with van der Waals surface area (Å²) < 4.78 is 0. The molecule has 0 radical (unpaired) electrons. The highest BCUT2D eigenvalue weighted by Gasteiger charge is 1.96. The number of carbonyl (C=O) groups is 2. The quantitative estimate of drug-likeness (QED) is 0.479. The molecule has 0 aliphatic rings. The zero-order valence-electron chi connectivity index (χ0n) is 10.3. The van der Waals surface area contributed by atoms with Crippen molar-refractivity contribution < 1.29 is 9.59 Å². The van der Waals surface area contributed by atoms with Crippen LogP contribution in [0.15, 0.2) is 23.5 Å². The first-order chi connectivity index (χ1) is 7.34. The standard InChI is InChI=1S/C8H14N2O.C3H7NO/c1-6(9)4-5-8(10-3)7(2)11;1-2-3(4)5/h4-5,10H,9H2,1-3H3;2H2,1H3,(H2,4,5)/b6-4+,8-5+;. The van der Waals surface area contributed by atoms with E-state index in [4.69, 9.17) is 5.73 Å². The number of nitrogens with one attached hydrogen (secondary N) is 1. The molecule has 0 rings (SSSR count). The first kappa shape index (κ1) is 16.6. The van der Waals surface area contributed by atoms with Crippen LogP contribution in [0.4, 0.5) is 0 Å². The van der Waals surface area contributed by atoms with E-state index in [0.29, 0.717) is 17.8 Å². The van der Waals surface area contributed by atoms with E-state index < -0.39 is 0 Å². The Morgan fingerprint density at radius 1 is 1.19 bits per heavy atom. The van der Waals surface area contributed by atoms with Crippen molar-refractivity contribution in [2.24, 2.45) is 11.5 Å². The second kappa shape index (κ2) is 9.76. The average molecular weight is 227 g/mol. The van der Waals surface area contributed by atoms with Gasteiger partial charge in [0.05, 0.1) is 5.70 Å². The number of hydrogen-bond donors (Lipinski definition) is 3. The lowest BCUT2D eigenvalue weighted by Gasteiger charge is -1.98. The minimum atomic E-state index is -0.245. The van der Waals surface area contributed by atoms with Gasteiger partial charge < -0.3 is 16.8 Å². The summed E-state index contributed by atoms with van der Waals surface area (Å²) in [7, 11) is 1.70. The number of ketones is 1. The molecule has 0 aliphatic heterocycles. The number of likely N-dealkylation sites (N-methyl/N-ethyl adjacent to an activating group) is 1. The van der Waals surface area contributed by atoms with Gasteiger partial charge in [0.2, 0.25) is 5.91 Å². The summed E-state index contributed by atoms with van der Waals surface area (Å²) in [5.41, 5.74) is 11.3. The van der Waals surface area contributed by atoms with Gasteiger partial charge in [-0.05, 0) is 19.1 Å². The predicted octanol–water partition coefficient (Wildman–Crippen LogP) is 0.423. The minimum Gasteiger partial charge on any atom is -0.402 e. The van der Waals surface area contributed by atoms with Crippen molar-refractivity contribution in [1.29, 1.82) is 0 Å². The van der Waals surface area contributed by atoms with Gasteiger partial charge in [0.25, 0.3) is 0 Å². The lowest BCUT2D eigenvalue weighted by Crippen LogP contribution is -2.12. The molecule has 0 saturated carbocycles. The monoisotopic (exact) mass is 227 g/mol. The van der Waals surface area contributed by atoms with Crippen molar-refractivity contribution in [3.05, 3.63) is 23.5 Å². The summed E-state index contributed by atoms with van der Waals surface area (Å²) in [6.07, 6.45) is 3.80. The largest absolute Gasteiger partial charge is 0.402 e. The molecule has 5 N–H and O–H groups in total. The minimum absolute atomic E-state index is 0.00463. The third-order valence-electron chi connectivity index (χ3n) is 1.51. The van der Waals surface area contributed by atoms with Crippen molar-refractivity contribution in [3.8, 4) is 0 Å². The summed E-state index contributed by atoms with van der Waals surface area (Å²) >= 11 is 0. The smallest absolute Gasteiger partial charge is 0.217 e. The topological polar surface area (TPSA) is 98.2 Å². The Labute approximate surface area is 96.6 Å². The molecular formula is C11H21N3O2. The van der Waals surface area contributed by atoms with Gasteiger partial charge in [0, 0.05) is 26.1 Å². The fraction of sp³-hybridized carbons (Fsp3) is 0.455. The van der Waals surface area contributed by atoms with Gasteiger partial charge in [0.15, 0.2) is 5.78 Å². The van der Waals surface area contributed by atoms with Crippen molar-refractivity contribution in [1.82, 2.24) is 5.32 Å². The highest BCUT2D eigenvalue weighted by Crippen LogP contribution is 1.91. The maximum absolute atomic E-state index is 10.8. The molecule has 5 nitrogen and oxygen atoms in total. The molecule has 0 spiro atoms. The van der Waals surface area contributed by atoms with Crippen LogP contribution in [0.5, 0.6) is 0 Å². The van der Waals surface area contributed by atoms with Crippen molar-refractivity contribution in [2.45, 2.75) is 27.2 Å². The van der Waals surface area contributed by atoms with Gasteiger partial charge in [-0.3, -0.25) is 9.59 Å². The van der Waals surface area contributed by atoms with E-state index in [1.165, 1.54) is 6.92 Å². The Kier molecular flexibility index (Phi) is 10.2. The maximum Gasteiger partial charge on any atom is 0.217 e. The predicted molar refractivity (Wildman–Crippen MR) is 65.3 cm³/mol. The average Bonchev–Trinajstić information content (AvgIpc) is 2.18. The number of amides is 1. The second-order valence-electron chi connectivity index (χ2n) is 3.12. The Hall–Kier alpha value is -1.78. The van der Waals surface area contributed by atoms with Gasteiger partial charge in [-0.2, -0.15) is 0 Å². The second-order valence-corrected chi connectivity index (χ2v) is 3.12. The van der Waals surface area contributed by atoms with Gasteiger partial charge in [0.1, 0.15) is 0 Å². The van der Waals surface area contributed by atoms with E-state index in [9.17, 15) is 9.59 Å². The van der Waals surface area contributed by atoms with E-state index in [2.05, 4.69) is 11.1 Å². The number of rotatable bonds is 4. The van der Waals surface area contributed by atoms with Crippen LogP contribution in [0.2, 0.25) is 0 Å². The van der Waals surface area contributed by atoms with Crippen LogP contribution in [0.1, 0.15) is 27.2 Å². The SMILES string of the molecule is CCC(N)=O.CN/C(=C/C=C(\C)N)C(C)=O. The number of carbonyl (C=O) groups excluding carboxylic acids is 2. The molecule has 0 bridgehead atoms. The molecule has 1 amide bonds. The Balaban J connectivity index is 0. The van der Waals surface area contributed by atoms with Crippen LogP contribution in [0.3, 0.4) is 0 Å². The molecule has 0 fully saturated rings. The Bertz CT molecular complexity index is 290. The third kappa shape index (κ3) is 12.2. The molecule has 0 unspecified atom stereocenters. The highest BCUT2D eigenvalue weighted by molar-refractivity contribution is 5.92. The molecule has 0 saturated heterocycles. The number of nitrogens with two attached hydrogens (primary N) is 2. The Morgan fingerprint density at radius 2 is 1.62 bits per heavy atom. The van der Waals surface area contributed by atoms with E-state index in [0.717, 1.165) is 0 Å². The summed E-state index contributed by atoms with van der Waals surface area (Å²) in [6, 6.07) is 0. The summed E-state index contributed by atoms with van der Waals surface area (Å²) in [4.78, 5) is 20.4. The number of primary amides is 1. The number of Topliss-reactive ketones (excluding diaryl/α,β-unsaturated/α-hetero) is 1. The van der Waals surface area contributed by atoms with Crippen molar-refractivity contribution in [2.75, 3.05) is 7.05 Å². The summed E-state index contributed by atoms with van der Waals surface area (Å²) in [6.45, 7) is 4.99. The lowest BCUT2D eigenvalue weighted by atomic mass is 10.3. The molecule has 92 valence electrons. The van der Waals surface area contributed by atoms with Crippen LogP contribution in [0, 0.1) is 0 Å². The number of allylic oxidation sites excluding steroid dienone is 4. The lowest BCUT2D eigenvalue weighted by molar-refractivity contribution is -0.117. The normalized spacial score (nSPS) is 11.2. The van der Waals surface area contributed by atoms with Crippen molar-refractivity contribution >= 4 is 11.7 Å². The van der Waals surface area contributed by atoms with E-state index >= 15 is 0 Å². The van der Waals surface area contributed by atoms with Crippen LogP contribution in [-0.4, -0.2) is 18.7 Å². The molecule has 16 heavy (non-hydrogen) atoms. The summed E-state index contributed by atoms with van der Waals surface area (Å²) in [5.74, 6) is -0.241. The van der Waals surface area contributed by atoms with Gasteiger partial charge in [-0.15, -0.1) is 0 Å². The zero-order valence-corrected chi connectivity index (χ0v) is 10.3. The maximum atomic E-state index is 10.8. The molecule has 0 aromatic carbocycles. The van der Waals surface area contributed by atoms with E-state index in [1.54, 1.807) is 33.0 Å². The van der Waals surface area contributed by atoms with Gasteiger partial charge in [-0.1, -0.05) is 6.92 Å². The molecule has 0 heterocycles. The highest BCUT2D eigenvalue weighted by atomic mass is 16.1. The molecule has 0 aliphatic carbocycles. The fourth-order valence-electron chi connectivity index (χ4n) is 0.591. The first-order valence-corrected chi connectivity index (χ1v) is 4.96. The van der Waals surface area contributed by atoms with Gasteiger partial charge >= 0.3 is 0 Å². The molecule has 0 atom stereocenters. The summed E-state index contributed by atoms with van der Waals surface area (Å²) in [5, 5.41) is 2.77. The zero-order chi connectivity index (χ0) is 13.1. The Morgan fingerprint density at radius 3 is 1.81 bits per heavy atom. The van der Waals surface area contributed by atoms with Crippen LogP contribution in [0.25, 0.3) is 0 Å². The number of hydrogen-bond acceptors (Lipinski definition) is 4. The molecular weight excluding hydrogens is 206 g/mol. The molecule has 5 heteroatoms. The van der Waals surface area contributed by atoms with Crippen LogP contribution < -0.4 is 16.8 Å². The van der Waals surface area contributed by atoms with E-state index in [1.807, 2.05) is 0 Å². The van der Waals surface area contributed by atoms with Crippen LogP contribution in [-0.2, 0) is 9.59 Å². The molecule has 0 aromatic rings. The van der Waals surface area contributed by atoms with E-state index in [-0.39, 0.29) is 11.7 Å². The molecule has 0 aromatic heterocycles. The van der Waals surface area contributed by atoms with Gasteiger partial charge in [-0.25, -0.2) is 0 Å².